The number of carbonyl (C=O) groups is 1. The van der Waals surface area contributed by atoms with Crippen LogP contribution >= 0.6 is 0 Å². The molecule has 5 heteroatoms. The Hall–Kier alpha value is -2.30. The lowest BCUT2D eigenvalue weighted by Gasteiger charge is -2.14. The SMILES string of the molecule is CCCCCCOc1cccc2nc(C)c(C(=O)OCC)c(N)c12. The summed E-state index contributed by atoms with van der Waals surface area (Å²) in [6.07, 6.45) is 4.53. The minimum Gasteiger partial charge on any atom is -0.493 e. The number of anilines is 1. The topological polar surface area (TPSA) is 74.4 Å². The van der Waals surface area contributed by atoms with Crippen molar-refractivity contribution in [1.82, 2.24) is 4.98 Å². The fourth-order valence-corrected chi connectivity index (χ4v) is 2.73. The van der Waals surface area contributed by atoms with Crippen molar-refractivity contribution in [2.45, 2.75) is 46.5 Å². The van der Waals surface area contributed by atoms with Crippen LogP contribution in [0.1, 0.15) is 55.6 Å². The van der Waals surface area contributed by atoms with E-state index < -0.39 is 5.97 Å². The molecule has 0 atom stereocenters. The van der Waals surface area contributed by atoms with Crippen molar-refractivity contribution in [2.75, 3.05) is 18.9 Å². The van der Waals surface area contributed by atoms with Gasteiger partial charge in [0.15, 0.2) is 0 Å². The number of fused-ring (bicyclic) bond motifs is 1. The molecule has 1 aromatic carbocycles. The van der Waals surface area contributed by atoms with E-state index in [1.165, 1.54) is 12.8 Å². The van der Waals surface area contributed by atoms with E-state index in [9.17, 15) is 4.79 Å². The number of nitrogens with zero attached hydrogens (tertiary/aromatic N) is 1. The van der Waals surface area contributed by atoms with Gasteiger partial charge in [-0.1, -0.05) is 32.3 Å². The summed E-state index contributed by atoms with van der Waals surface area (Å²) in [6, 6.07) is 5.63. The molecule has 0 bridgehead atoms. The van der Waals surface area contributed by atoms with Crippen molar-refractivity contribution in [1.29, 1.82) is 0 Å². The quantitative estimate of drug-likeness (QED) is 0.578. The van der Waals surface area contributed by atoms with Gasteiger partial charge in [0.2, 0.25) is 0 Å². The number of hydrogen-bond acceptors (Lipinski definition) is 5. The fraction of sp³-hybridized carbons (Fsp3) is 0.474. The molecule has 0 saturated carbocycles. The summed E-state index contributed by atoms with van der Waals surface area (Å²) < 4.78 is 11.0. The Morgan fingerprint density at radius 2 is 2.00 bits per heavy atom. The van der Waals surface area contributed by atoms with Gasteiger partial charge in [-0.15, -0.1) is 0 Å². The molecule has 0 saturated heterocycles. The number of benzene rings is 1. The van der Waals surface area contributed by atoms with Gasteiger partial charge in [-0.25, -0.2) is 4.79 Å². The maximum atomic E-state index is 12.2. The van der Waals surface area contributed by atoms with Crippen LogP contribution in [0, 0.1) is 6.92 Å². The van der Waals surface area contributed by atoms with Gasteiger partial charge in [0.1, 0.15) is 11.3 Å². The summed E-state index contributed by atoms with van der Waals surface area (Å²) in [5.74, 6) is 0.221. The first-order valence-corrected chi connectivity index (χ1v) is 8.58. The average Bonchev–Trinajstić information content (AvgIpc) is 2.54. The van der Waals surface area contributed by atoms with E-state index >= 15 is 0 Å². The highest BCUT2D eigenvalue weighted by molar-refractivity contribution is 6.07. The minimum absolute atomic E-state index is 0.297. The third kappa shape index (κ3) is 3.96. The smallest absolute Gasteiger partial charge is 0.342 e. The van der Waals surface area contributed by atoms with Gasteiger partial charge in [0, 0.05) is 0 Å². The Kier molecular flexibility index (Phi) is 6.41. The number of pyridine rings is 1. The third-order valence-electron chi connectivity index (χ3n) is 3.93. The molecule has 0 aliphatic heterocycles. The third-order valence-corrected chi connectivity index (χ3v) is 3.93. The first kappa shape index (κ1) is 18.0. The largest absolute Gasteiger partial charge is 0.493 e. The number of esters is 1. The second-order valence-electron chi connectivity index (χ2n) is 5.77. The van der Waals surface area contributed by atoms with Crippen molar-refractivity contribution < 1.29 is 14.3 Å². The number of nitrogens with two attached hydrogens (primary N) is 1. The van der Waals surface area contributed by atoms with E-state index in [1.54, 1.807) is 13.8 Å². The van der Waals surface area contributed by atoms with Crippen LogP contribution in [0.3, 0.4) is 0 Å². The number of hydrogen-bond donors (Lipinski definition) is 1. The van der Waals surface area contributed by atoms with Gasteiger partial charge in [-0.3, -0.25) is 4.98 Å². The van der Waals surface area contributed by atoms with Crippen LogP contribution in [0.2, 0.25) is 0 Å². The molecule has 0 aliphatic carbocycles. The molecule has 0 aliphatic rings. The number of unbranched alkanes of at least 4 members (excludes halogenated alkanes) is 3. The zero-order valence-corrected chi connectivity index (χ0v) is 14.7. The van der Waals surface area contributed by atoms with E-state index in [0.717, 1.165) is 18.4 Å². The van der Waals surface area contributed by atoms with Crippen LogP contribution in [0.4, 0.5) is 5.69 Å². The average molecular weight is 330 g/mol. The Morgan fingerprint density at radius 3 is 2.71 bits per heavy atom. The van der Waals surface area contributed by atoms with Crippen LogP contribution in [0.5, 0.6) is 5.75 Å². The van der Waals surface area contributed by atoms with Crippen LogP contribution in [-0.4, -0.2) is 24.2 Å². The van der Waals surface area contributed by atoms with Crippen LogP contribution in [0.15, 0.2) is 18.2 Å². The first-order valence-electron chi connectivity index (χ1n) is 8.58. The van der Waals surface area contributed by atoms with Gasteiger partial charge in [0.05, 0.1) is 35.5 Å². The van der Waals surface area contributed by atoms with Crippen molar-refractivity contribution in [3.63, 3.8) is 0 Å². The molecule has 130 valence electrons. The molecular formula is C19H26N2O3. The molecule has 1 heterocycles. The molecular weight excluding hydrogens is 304 g/mol. The lowest BCUT2D eigenvalue weighted by molar-refractivity contribution is 0.0526. The summed E-state index contributed by atoms with van der Waals surface area (Å²) in [5.41, 5.74) is 8.28. The lowest BCUT2D eigenvalue weighted by atomic mass is 10.1. The molecule has 0 spiro atoms. The molecule has 2 N–H and O–H groups in total. The highest BCUT2D eigenvalue weighted by Crippen LogP contribution is 2.33. The highest BCUT2D eigenvalue weighted by Gasteiger charge is 2.20. The second kappa shape index (κ2) is 8.52. The van der Waals surface area contributed by atoms with Crippen LogP contribution < -0.4 is 10.5 Å². The van der Waals surface area contributed by atoms with Gasteiger partial charge < -0.3 is 15.2 Å². The van der Waals surface area contributed by atoms with Crippen molar-refractivity contribution in [3.05, 3.63) is 29.5 Å². The number of aryl methyl sites for hydroxylation is 1. The summed E-state index contributed by atoms with van der Waals surface area (Å²) in [5, 5.41) is 0.682. The normalized spacial score (nSPS) is 10.8. The Bertz CT molecular complexity index is 713. The van der Waals surface area contributed by atoms with Gasteiger partial charge in [-0.05, 0) is 32.4 Å². The molecule has 1 aromatic heterocycles. The number of aromatic nitrogens is 1. The number of nitrogen functional groups attached to an aromatic ring is 1. The monoisotopic (exact) mass is 330 g/mol. The predicted octanol–water partition coefficient (Wildman–Crippen LogP) is 4.26. The Morgan fingerprint density at radius 1 is 1.21 bits per heavy atom. The van der Waals surface area contributed by atoms with Crippen LogP contribution in [0.25, 0.3) is 10.9 Å². The van der Waals surface area contributed by atoms with Gasteiger partial charge >= 0.3 is 5.97 Å². The highest BCUT2D eigenvalue weighted by atomic mass is 16.5. The first-order chi connectivity index (χ1) is 11.6. The van der Waals surface area contributed by atoms with E-state index in [4.69, 9.17) is 15.2 Å². The lowest BCUT2D eigenvalue weighted by Crippen LogP contribution is -2.12. The maximum absolute atomic E-state index is 12.2. The fourth-order valence-electron chi connectivity index (χ4n) is 2.73. The summed E-state index contributed by atoms with van der Waals surface area (Å²) >= 11 is 0. The standard InChI is InChI=1S/C19H26N2O3/c1-4-6-7-8-12-24-15-11-9-10-14-17(15)18(20)16(13(3)21-14)19(22)23-5-2/h9-11H,4-8,12H2,1-3H3,(H2,20,21). The van der Waals surface area contributed by atoms with E-state index in [1.807, 2.05) is 18.2 Å². The number of rotatable bonds is 8. The zero-order chi connectivity index (χ0) is 17.5. The number of carbonyl (C=O) groups excluding carboxylic acids is 1. The molecule has 2 rings (SSSR count). The predicted molar refractivity (Wildman–Crippen MR) is 96.5 cm³/mol. The molecule has 0 fully saturated rings. The van der Waals surface area contributed by atoms with Crippen molar-refractivity contribution in [2.24, 2.45) is 0 Å². The van der Waals surface area contributed by atoms with Crippen LogP contribution in [-0.2, 0) is 4.74 Å². The number of ether oxygens (including phenoxy) is 2. The second-order valence-corrected chi connectivity index (χ2v) is 5.77. The molecule has 24 heavy (non-hydrogen) atoms. The minimum atomic E-state index is -0.445. The summed E-state index contributed by atoms with van der Waals surface area (Å²) in [6.45, 7) is 6.63. The Balaban J connectivity index is 2.35. The Labute approximate surface area is 143 Å². The van der Waals surface area contributed by atoms with Gasteiger partial charge in [-0.2, -0.15) is 0 Å². The molecule has 0 radical (unpaired) electrons. The summed E-state index contributed by atoms with van der Waals surface area (Å²) in [7, 11) is 0. The van der Waals surface area contributed by atoms with E-state index in [-0.39, 0.29) is 0 Å². The molecule has 0 unspecified atom stereocenters. The van der Waals surface area contributed by atoms with Crippen molar-refractivity contribution >= 4 is 22.6 Å². The zero-order valence-electron chi connectivity index (χ0n) is 14.7. The van der Waals surface area contributed by atoms with E-state index in [0.29, 0.717) is 41.3 Å². The maximum Gasteiger partial charge on any atom is 0.342 e. The molecule has 0 amide bonds. The van der Waals surface area contributed by atoms with Crippen molar-refractivity contribution in [3.8, 4) is 5.75 Å². The summed E-state index contributed by atoms with van der Waals surface area (Å²) in [4.78, 5) is 16.7. The van der Waals surface area contributed by atoms with E-state index in [2.05, 4.69) is 11.9 Å². The molecule has 5 nitrogen and oxygen atoms in total. The molecule has 2 aromatic rings. The van der Waals surface area contributed by atoms with Gasteiger partial charge in [0.25, 0.3) is 0 Å².